The molecule has 0 atom stereocenters. The van der Waals surface area contributed by atoms with Crippen LogP contribution >= 0.6 is 0 Å². The van der Waals surface area contributed by atoms with Crippen LogP contribution in [0.3, 0.4) is 0 Å². The molecule has 0 aliphatic heterocycles. The summed E-state index contributed by atoms with van der Waals surface area (Å²) in [4.78, 5) is 13.2. The zero-order valence-corrected chi connectivity index (χ0v) is 16.9. The lowest BCUT2D eigenvalue weighted by Crippen LogP contribution is -2.13. The summed E-state index contributed by atoms with van der Waals surface area (Å²) in [7, 11) is 0. The molecule has 0 N–H and O–H groups in total. The van der Waals surface area contributed by atoms with Crippen molar-refractivity contribution in [2.24, 2.45) is 0 Å². The molecule has 0 radical (unpaired) electrons. The number of rotatable bonds is 5. The van der Waals surface area contributed by atoms with Crippen LogP contribution in [0, 0.1) is 0 Å². The second kappa shape index (κ2) is 8.33. The van der Waals surface area contributed by atoms with Crippen molar-refractivity contribution in [3.63, 3.8) is 0 Å². The number of carbonyl (C=O) groups is 1. The summed E-state index contributed by atoms with van der Waals surface area (Å²) in [5.74, 6) is 0.590. The molecule has 0 aliphatic rings. The molecular weight excluding hydrogens is 382 g/mol. The first-order chi connectivity index (χ1) is 15.3. The molecule has 3 heteroatoms. The maximum Gasteiger partial charge on any atom is 0.262 e. The van der Waals surface area contributed by atoms with Gasteiger partial charge in [-0.3, -0.25) is 9.36 Å². The lowest BCUT2D eigenvalue weighted by Gasteiger charge is -2.21. The maximum atomic E-state index is 13.2. The van der Waals surface area contributed by atoms with Gasteiger partial charge in [-0.25, -0.2) is 0 Å². The van der Waals surface area contributed by atoms with Gasteiger partial charge in [-0.05, 0) is 35.4 Å². The van der Waals surface area contributed by atoms with E-state index in [-0.39, 0.29) is 12.0 Å². The van der Waals surface area contributed by atoms with Crippen molar-refractivity contribution >= 4 is 16.8 Å². The Morgan fingerprint density at radius 2 is 1.23 bits per heavy atom. The molecule has 1 heterocycles. The molecule has 31 heavy (non-hydrogen) atoms. The van der Waals surface area contributed by atoms with Crippen molar-refractivity contribution in [1.82, 2.24) is 4.57 Å². The van der Waals surface area contributed by atoms with E-state index in [0.717, 1.165) is 22.0 Å². The Morgan fingerprint density at radius 3 is 1.84 bits per heavy atom. The summed E-state index contributed by atoms with van der Waals surface area (Å²) in [5.41, 5.74) is 3.52. The molecule has 0 saturated carbocycles. The molecule has 150 valence electrons. The monoisotopic (exact) mass is 403 g/mol. The van der Waals surface area contributed by atoms with Gasteiger partial charge in [0.05, 0.1) is 5.52 Å². The highest BCUT2D eigenvalue weighted by atomic mass is 16.5. The Morgan fingerprint density at radius 1 is 0.645 bits per heavy atom. The number of nitrogens with zero attached hydrogens (tertiary/aromatic N) is 1. The first-order valence-corrected chi connectivity index (χ1v) is 10.3. The van der Waals surface area contributed by atoms with Crippen LogP contribution in [0.15, 0.2) is 121 Å². The number of benzene rings is 4. The Bertz CT molecular complexity index is 1270. The number of aromatic nitrogens is 1. The largest absolute Gasteiger partial charge is 0.479 e. The van der Waals surface area contributed by atoms with Gasteiger partial charge in [0.25, 0.3) is 5.91 Å². The minimum Gasteiger partial charge on any atom is -0.479 e. The highest BCUT2D eigenvalue weighted by Crippen LogP contribution is 2.34. The van der Waals surface area contributed by atoms with E-state index in [0.29, 0.717) is 11.3 Å². The SMILES string of the molecule is O=C(c1ccccc1)n1ccc2cccc(OC(c3ccccc3)c3ccccc3)c21. The van der Waals surface area contributed by atoms with Crippen molar-refractivity contribution in [1.29, 1.82) is 0 Å². The van der Waals surface area contributed by atoms with Gasteiger partial charge in [-0.1, -0.05) is 91.0 Å². The molecule has 0 saturated heterocycles. The Balaban J connectivity index is 1.61. The van der Waals surface area contributed by atoms with E-state index in [9.17, 15) is 4.79 Å². The van der Waals surface area contributed by atoms with E-state index in [2.05, 4.69) is 24.3 Å². The first-order valence-electron chi connectivity index (χ1n) is 10.3. The summed E-state index contributed by atoms with van der Waals surface area (Å²) in [5, 5.41) is 0.960. The third-order valence-corrected chi connectivity index (χ3v) is 5.36. The van der Waals surface area contributed by atoms with Crippen LogP contribution in [0.4, 0.5) is 0 Å². The Labute approximate surface area is 181 Å². The number of ether oxygens (including phenoxy) is 1. The summed E-state index contributed by atoms with van der Waals surface area (Å²) < 4.78 is 8.29. The predicted molar refractivity (Wildman–Crippen MR) is 123 cm³/mol. The van der Waals surface area contributed by atoms with Gasteiger partial charge < -0.3 is 4.74 Å². The van der Waals surface area contributed by atoms with E-state index < -0.39 is 0 Å². The second-order valence-electron chi connectivity index (χ2n) is 7.37. The van der Waals surface area contributed by atoms with Crippen LogP contribution < -0.4 is 4.74 Å². The summed E-state index contributed by atoms with van der Waals surface area (Å²) in [6, 6.07) is 37.4. The lowest BCUT2D eigenvalue weighted by atomic mass is 10.0. The quantitative estimate of drug-likeness (QED) is 0.335. The number of hydrogen-bond acceptors (Lipinski definition) is 2. The lowest BCUT2D eigenvalue weighted by molar-refractivity contribution is 0.0964. The van der Waals surface area contributed by atoms with Crippen LogP contribution in [0.1, 0.15) is 27.6 Å². The van der Waals surface area contributed by atoms with Gasteiger partial charge in [0, 0.05) is 17.1 Å². The molecule has 0 unspecified atom stereocenters. The van der Waals surface area contributed by atoms with Gasteiger partial charge in [0.15, 0.2) is 0 Å². The number of hydrogen-bond donors (Lipinski definition) is 0. The number of carbonyl (C=O) groups excluding carboxylic acids is 1. The zero-order valence-electron chi connectivity index (χ0n) is 16.9. The van der Waals surface area contributed by atoms with Gasteiger partial charge in [-0.15, -0.1) is 0 Å². The molecule has 5 rings (SSSR count). The molecule has 0 fully saturated rings. The van der Waals surface area contributed by atoms with Crippen LogP contribution in [0.2, 0.25) is 0 Å². The van der Waals surface area contributed by atoms with Crippen LogP contribution in [-0.2, 0) is 0 Å². The molecule has 0 bridgehead atoms. The third kappa shape index (κ3) is 3.74. The summed E-state index contributed by atoms with van der Waals surface area (Å²) in [6.07, 6.45) is 1.52. The van der Waals surface area contributed by atoms with E-state index in [1.807, 2.05) is 97.2 Å². The fraction of sp³-hybridized carbons (Fsp3) is 0.0357. The molecular formula is C28H21NO2. The van der Waals surface area contributed by atoms with Gasteiger partial charge >= 0.3 is 0 Å². The predicted octanol–water partition coefficient (Wildman–Crippen LogP) is 6.50. The van der Waals surface area contributed by atoms with Crippen LogP contribution in [-0.4, -0.2) is 10.5 Å². The fourth-order valence-electron chi connectivity index (χ4n) is 3.86. The molecule has 3 nitrogen and oxygen atoms in total. The normalized spacial score (nSPS) is 11.0. The Kier molecular flexibility index (Phi) is 5.07. The third-order valence-electron chi connectivity index (χ3n) is 5.36. The Hall–Kier alpha value is -4.11. The molecule has 4 aromatic carbocycles. The maximum absolute atomic E-state index is 13.2. The smallest absolute Gasteiger partial charge is 0.262 e. The number of para-hydroxylation sites is 1. The highest BCUT2D eigenvalue weighted by Gasteiger charge is 2.20. The second-order valence-corrected chi connectivity index (χ2v) is 7.37. The summed E-state index contributed by atoms with van der Waals surface area (Å²) in [6.45, 7) is 0. The fourth-order valence-corrected chi connectivity index (χ4v) is 3.86. The first kappa shape index (κ1) is 18.9. The molecule has 0 amide bonds. The topological polar surface area (TPSA) is 31.2 Å². The van der Waals surface area contributed by atoms with Gasteiger partial charge in [0.1, 0.15) is 11.9 Å². The van der Waals surface area contributed by atoms with E-state index in [1.54, 1.807) is 4.57 Å². The molecule has 5 aromatic rings. The minimum absolute atomic E-state index is 0.0809. The van der Waals surface area contributed by atoms with Gasteiger partial charge in [-0.2, -0.15) is 0 Å². The minimum atomic E-state index is -0.289. The molecule has 0 spiro atoms. The van der Waals surface area contributed by atoms with E-state index in [1.165, 1.54) is 0 Å². The molecule has 1 aromatic heterocycles. The average Bonchev–Trinajstić information content (AvgIpc) is 3.29. The average molecular weight is 403 g/mol. The summed E-state index contributed by atoms with van der Waals surface area (Å²) >= 11 is 0. The highest BCUT2D eigenvalue weighted by molar-refractivity contribution is 6.03. The van der Waals surface area contributed by atoms with Crippen LogP contribution in [0.25, 0.3) is 10.9 Å². The van der Waals surface area contributed by atoms with Crippen LogP contribution in [0.5, 0.6) is 5.75 Å². The van der Waals surface area contributed by atoms with Crippen molar-refractivity contribution in [3.8, 4) is 5.75 Å². The number of fused-ring (bicyclic) bond motifs is 1. The van der Waals surface area contributed by atoms with Crippen molar-refractivity contribution in [2.45, 2.75) is 6.10 Å². The van der Waals surface area contributed by atoms with E-state index in [4.69, 9.17) is 4.74 Å². The molecule has 0 aliphatic carbocycles. The van der Waals surface area contributed by atoms with Gasteiger partial charge in [0.2, 0.25) is 0 Å². The zero-order chi connectivity index (χ0) is 21.0. The van der Waals surface area contributed by atoms with E-state index >= 15 is 0 Å². The van der Waals surface area contributed by atoms with Crippen molar-refractivity contribution in [2.75, 3.05) is 0 Å². The van der Waals surface area contributed by atoms with Crippen molar-refractivity contribution in [3.05, 3.63) is 138 Å². The standard InChI is InChI=1S/C28H21NO2/c30-28(24-15-8-3-9-16-24)29-20-19-21-17-10-18-25(26(21)29)31-27(22-11-4-1-5-12-22)23-13-6-2-7-14-23/h1-20,27H. The van der Waals surface area contributed by atoms with Crippen molar-refractivity contribution < 1.29 is 9.53 Å².